The second kappa shape index (κ2) is 6.09. The van der Waals surface area contributed by atoms with Crippen molar-refractivity contribution in [2.45, 2.75) is 45.6 Å². The van der Waals surface area contributed by atoms with Gasteiger partial charge in [-0.05, 0) is 42.7 Å². The molecule has 0 saturated heterocycles. The van der Waals surface area contributed by atoms with Crippen molar-refractivity contribution in [3.05, 3.63) is 29.8 Å². The Morgan fingerprint density at radius 1 is 1.32 bits per heavy atom. The molecule has 104 valence electrons. The highest BCUT2D eigenvalue weighted by Crippen LogP contribution is 2.28. The molecule has 0 heterocycles. The van der Waals surface area contributed by atoms with Gasteiger partial charge >= 0.3 is 0 Å². The first-order valence-corrected chi connectivity index (χ1v) is 7.19. The lowest BCUT2D eigenvalue weighted by molar-refractivity contribution is -0.121. The van der Waals surface area contributed by atoms with E-state index in [1.54, 1.807) is 0 Å². The second-order valence-electron chi connectivity index (χ2n) is 5.95. The largest absolute Gasteiger partial charge is 0.398 e. The van der Waals surface area contributed by atoms with Gasteiger partial charge in [0.15, 0.2) is 0 Å². The van der Waals surface area contributed by atoms with Crippen LogP contribution in [0, 0.1) is 11.8 Å². The highest BCUT2D eigenvalue weighted by Gasteiger charge is 2.26. The molecule has 1 amide bonds. The first kappa shape index (κ1) is 13.9. The lowest BCUT2D eigenvalue weighted by atomic mass is 9.80. The summed E-state index contributed by atoms with van der Waals surface area (Å²) in [6.45, 7) is 4.52. The molecule has 19 heavy (non-hydrogen) atoms. The molecule has 3 heteroatoms. The summed E-state index contributed by atoms with van der Waals surface area (Å²) < 4.78 is 0. The van der Waals surface area contributed by atoms with Crippen LogP contribution < -0.4 is 11.1 Å². The number of rotatable bonds is 3. The summed E-state index contributed by atoms with van der Waals surface area (Å²) in [4.78, 5) is 12.1. The molecule has 0 aliphatic heterocycles. The van der Waals surface area contributed by atoms with Gasteiger partial charge in [-0.25, -0.2) is 0 Å². The molecule has 3 N–H and O–H groups in total. The fourth-order valence-corrected chi connectivity index (χ4v) is 3.01. The van der Waals surface area contributed by atoms with Gasteiger partial charge in [0, 0.05) is 11.7 Å². The van der Waals surface area contributed by atoms with Gasteiger partial charge in [-0.2, -0.15) is 0 Å². The van der Waals surface area contributed by atoms with E-state index in [-0.39, 0.29) is 5.91 Å². The highest BCUT2D eigenvalue weighted by atomic mass is 16.1. The van der Waals surface area contributed by atoms with E-state index in [2.05, 4.69) is 19.2 Å². The van der Waals surface area contributed by atoms with Crippen molar-refractivity contribution in [3.8, 4) is 0 Å². The third kappa shape index (κ3) is 3.72. The minimum Gasteiger partial charge on any atom is -0.398 e. The zero-order valence-electron chi connectivity index (χ0n) is 11.9. The van der Waals surface area contributed by atoms with Gasteiger partial charge in [0.2, 0.25) is 5.91 Å². The summed E-state index contributed by atoms with van der Waals surface area (Å²) in [6.07, 6.45) is 3.89. The van der Waals surface area contributed by atoms with Crippen LogP contribution in [0.15, 0.2) is 24.3 Å². The Hall–Kier alpha value is -1.51. The van der Waals surface area contributed by atoms with Crippen molar-refractivity contribution in [1.29, 1.82) is 0 Å². The van der Waals surface area contributed by atoms with Crippen LogP contribution >= 0.6 is 0 Å². The number of benzene rings is 1. The predicted molar refractivity (Wildman–Crippen MR) is 78.7 cm³/mol. The fourth-order valence-electron chi connectivity index (χ4n) is 3.01. The van der Waals surface area contributed by atoms with Crippen LogP contribution in [0.5, 0.6) is 0 Å². The molecule has 1 aliphatic carbocycles. The van der Waals surface area contributed by atoms with Crippen molar-refractivity contribution in [2.24, 2.45) is 11.8 Å². The van der Waals surface area contributed by atoms with Gasteiger partial charge in [-0.15, -0.1) is 0 Å². The van der Waals surface area contributed by atoms with Gasteiger partial charge in [0.25, 0.3) is 0 Å². The Morgan fingerprint density at radius 3 is 2.74 bits per heavy atom. The van der Waals surface area contributed by atoms with Gasteiger partial charge in [-0.1, -0.05) is 32.0 Å². The van der Waals surface area contributed by atoms with E-state index in [0.717, 1.165) is 17.9 Å². The minimum atomic E-state index is 0.0873. The summed E-state index contributed by atoms with van der Waals surface area (Å²) in [5.41, 5.74) is 7.48. The summed E-state index contributed by atoms with van der Waals surface area (Å²) in [5, 5.41) is 3.17. The van der Waals surface area contributed by atoms with Gasteiger partial charge in [-0.3, -0.25) is 4.79 Å². The first-order chi connectivity index (χ1) is 9.06. The SMILES string of the molecule is CC1CCC(NC(=O)Cc2ccccc2N)C(C)C1. The van der Waals surface area contributed by atoms with Crippen LogP contribution in [0.3, 0.4) is 0 Å². The number of nitrogens with one attached hydrogen (secondary N) is 1. The average molecular weight is 260 g/mol. The van der Waals surface area contributed by atoms with Crippen LogP contribution in [0.4, 0.5) is 5.69 Å². The number of nitrogen functional groups attached to an aromatic ring is 1. The Labute approximate surface area is 115 Å². The van der Waals surface area contributed by atoms with Gasteiger partial charge in [0.1, 0.15) is 0 Å². The summed E-state index contributed by atoms with van der Waals surface area (Å²) in [5.74, 6) is 1.44. The van der Waals surface area contributed by atoms with E-state index in [1.807, 2.05) is 24.3 Å². The molecule has 0 radical (unpaired) electrons. The molecule has 0 spiro atoms. The number of nitrogens with two attached hydrogens (primary N) is 1. The number of amides is 1. The summed E-state index contributed by atoms with van der Waals surface area (Å²) in [6, 6.07) is 7.90. The van der Waals surface area contributed by atoms with E-state index < -0.39 is 0 Å². The first-order valence-electron chi connectivity index (χ1n) is 7.19. The molecular weight excluding hydrogens is 236 g/mol. The average Bonchev–Trinajstić information content (AvgIpc) is 2.36. The fraction of sp³-hybridized carbons (Fsp3) is 0.562. The number of hydrogen-bond acceptors (Lipinski definition) is 2. The topological polar surface area (TPSA) is 55.1 Å². The molecule has 1 saturated carbocycles. The molecule has 1 aromatic carbocycles. The molecule has 1 aliphatic rings. The van der Waals surface area contributed by atoms with E-state index in [9.17, 15) is 4.79 Å². The zero-order valence-corrected chi connectivity index (χ0v) is 11.9. The maximum absolute atomic E-state index is 12.1. The Bertz CT molecular complexity index is 444. The lowest BCUT2D eigenvalue weighted by Gasteiger charge is -2.33. The van der Waals surface area contributed by atoms with Crippen molar-refractivity contribution in [1.82, 2.24) is 5.32 Å². The molecular formula is C16H24N2O. The second-order valence-corrected chi connectivity index (χ2v) is 5.95. The summed E-state index contributed by atoms with van der Waals surface area (Å²) in [7, 11) is 0. The standard InChI is InChI=1S/C16H24N2O/c1-11-7-8-15(12(2)9-11)18-16(19)10-13-5-3-4-6-14(13)17/h3-6,11-12,15H,7-10,17H2,1-2H3,(H,18,19). The molecule has 1 fully saturated rings. The number of anilines is 1. The van der Waals surface area contributed by atoms with Gasteiger partial charge < -0.3 is 11.1 Å². The molecule has 3 nitrogen and oxygen atoms in total. The Kier molecular flexibility index (Phi) is 4.46. The minimum absolute atomic E-state index is 0.0873. The van der Waals surface area contributed by atoms with E-state index >= 15 is 0 Å². The maximum atomic E-state index is 12.1. The zero-order chi connectivity index (χ0) is 13.8. The van der Waals surface area contributed by atoms with Crippen LogP contribution in [0.25, 0.3) is 0 Å². The van der Waals surface area contributed by atoms with Crippen LogP contribution in [0.2, 0.25) is 0 Å². The number of para-hydroxylation sites is 1. The van der Waals surface area contributed by atoms with Gasteiger partial charge in [0.05, 0.1) is 6.42 Å². The molecule has 0 bridgehead atoms. The van der Waals surface area contributed by atoms with Crippen LogP contribution in [-0.4, -0.2) is 11.9 Å². The lowest BCUT2D eigenvalue weighted by Crippen LogP contribution is -2.43. The highest BCUT2D eigenvalue weighted by molar-refractivity contribution is 5.80. The molecule has 0 aromatic heterocycles. The predicted octanol–water partition coefficient (Wildman–Crippen LogP) is 2.75. The molecule has 3 unspecified atom stereocenters. The molecule has 2 rings (SSSR count). The number of hydrogen-bond donors (Lipinski definition) is 2. The van der Waals surface area contributed by atoms with Crippen molar-refractivity contribution in [3.63, 3.8) is 0 Å². The van der Waals surface area contributed by atoms with Crippen LogP contribution in [0.1, 0.15) is 38.7 Å². The normalized spacial score (nSPS) is 26.9. The van der Waals surface area contributed by atoms with Crippen LogP contribution in [-0.2, 0) is 11.2 Å². The number of carbonyl (C=O) groups excluding carboxylic acids is 1. The number of carbonyl (C=O) groups is 1. The summed E-state index contributed by atoms with van der Waals surface area (Å²) >= 11 is 0. The van der Waals surface area contributed by atoms with Crippen molar-refractivity contribution < 1.29 is 4.79 Å². The van der Waals surface area contributed by atoms with Crippen molar-refractivity contribution >= 4 is 11.6 Å². The van der Waals surface area contributed by atoms with Crippen molar-refractivity contribution in [2.75, 3.05) is 5.73 Å². The third-order valence-electron chi connectivity index (χ3n) is 4.18. The Balaban J connectivity index is 1.90. The van der Waals surface area contributed by atoms with E-state index in [0.29, 0.717) is 24.1 Å². The molecule has 3 atom stereocenters. The molecule has 1 aromatic rings. The third-order valence-corrected chi connectivity index (χ3v) is 4.18. The van der Waals surface area contributed by atoms with E-state index in [1.165, 1.54) is 12.8 Å². The van der Waals surface area contributed by atoms with E-state index in [4.69, 9.17) is 5.73 Å². The maximum Gasteiger partial charge on any atom is 0.224 e. The smallest absolute Gasteiger partial charge is 0.224 e. The Morgan fingerprint density at radius 2 is 2.05 bits per heavy atom. The monoisotopic (exact) mass is 260 g/mol. The quantitative estimate of drug-likeness (QED) is 0.821.